The minimum atomic E-state index is -0.796. The van der Waals surface area contributed by atoms with Gasteiger partial charge in [0.05, 0.1) is 6.54 Å². The van der Waals surface area contributed by atoms with Crippen LogP contribution < -0.4 is 5.32 Å². The van der Waals surface area contributed by atoms with Gasteiger partial charge in [-0.05, 0) is 30.7 Å². The lowest BCUT2D eigenvalue weighted by Crippen LogP contribution is -2.47. The highest BCUT2D eigenvalue weighted by molar-refractivity contribution is 5.80. The van der Waals surface area contributed by atoms with Crippen LogP contribution in [0.3, 0.4) is 0 Å². The van der Waals surface area contributed by atoms with E-state index >= 15 is 0 Å². The quantitative estimate of drug-likeness (QED) is 0.872. The summed E-state index contributed by atoms with van der Waals surface area (Å²) in [7, 11) is 0. The number of hydrogen-bond acceptors (Lipinski definition) is 3. The highest BCUT2D eigenvalue weighted by Crippen LogP contribution is 2.39. The summed E-state index contributed by atoms with van der Waals surface area (Å²) in [6, 6.07) is 9.50. The molecule has 23 heavy (non-hydrogen) atoms. The van der Waals surface area contributed by atoms with Crippen LogP contribution in [0, 0.1) is 5.92 Å². The van der Waals surface area contributed by atoms with Gasteiger partial charge in [0.25, 0.3) is 0 Å². The van der Waals surface area contributed by atoms with Crippen molar-refractivity contribution in [1.29, 1.82) is 0 Å². The Balaban J connectivity index is 1.59. The SMILES string of the molecule is O=C(CN1C(C(=O)O)CC2CCCCC21)NCc1ccccc1. The second kappa shape index (κ2) is 7.13. The fourth-order valence-corrected chi connectivity index (χ4v) is 4.04. The molecule has 1 aliphatic carbocycles. The van der Waals surface area contributed by atoms with Gasteiger partial charge in [0.2, 0.25) is 5.91 Å². The number of carboxylic acids is 1. The molecule has 124 valence electrons. The number of likely N-dealkylation sites (tertiary alicyclic amines) is 1. The Hall–Kier alpha value is -1.88. The smallest absolute Gasteiger partial charge is 0.320 e. The van der Waals surface area contributed by atoms with Crippen LogP contribution >= 0.6 is 0 Å². The number of rotatable bonds is 5. The maximum Gasteiger partial charge on any atom is 0.320 e. The average Bonchev–Trinajstić information content (AvgIpc) is 2.93. The summed E-state index contributed by atoms with van der Waals surface area (Å²) >= 11 is 0. The van der Waals surface area contributed by atoms with E-state index in [0.29, 0.717) is 18.9 Å². The molecule has 1 saturated heterocycles. The molecule has 1 aliphatic heterocycles. The van der Waals surface area contributed by atoms with Gasteiger partial charge in [0.1, 0.15) is 6.04 Å². The predicted molar refractivity (Wildman–Crippen MR) is 86.8 cm³/mol. The number of aliphatic carboxylic acids is 1. The molecule has 2 N–H and O–H groups in total. The zero-order valence-electron chi connectivity index (χ0n) is 13.3. The molecule has 5 nitrogen and oxygen atoms in total. The first-order chi connectivity index (χ1) is 11.1. The molecule has 1 aromatic rings. The summed E-state index contributed by atoms with van der Waals surface area (Å²) in [6.07, 6.45) is 5.11. The molecule has 0 aromatic heterocycles. The van der Waals surface area contributed by atoms with Gasteiger partial charge in [0, 0.05) is 12.6 Å². The van der Waals surface area contributed by atoms with Gasteiger partial charge in [-0.2, -0.15) is 0 Å². The third kappa shape index (κ3) is 3.72. The van der Waals surface area contributed by atoms with Crippen LogP contribution in [-0.4, -0.2) is 40.5 Å². The first-order valence-electron chi connectivity index (χ1n) is 8.44. The Morgan fingerprint density at radius 2 is 1.91 bits per heavy atom. The molecule has 0 spiro atoms. The number of hydrogen-bond donors (Lipinski definition) is 2. The van der Waals surface area contributed by atoms with E-state index in [2.05, 4.69) is 5.32 Å². The van der Waals surface area contributed by atoms with E-state index in [4.69, 9.17) is 0 Å². The molecule has 2 aliphatic rings. The van der Waals surface area contributed by atoms with Crippen molar-refractivity contribution in [2.45, 2.75) is 50.7 Å². The first kappa shape index (κ1) is 16.0. The lowest BCUT2D eigenvalue weighted by molar-refractivity contribution is -0.143. The molecular formula is C18H24N2O3. The van der Waals surface area contributed by atoms with Crippen LogP contribution in [0.4, 0.5) is 0 Å². The topological polar surface area (TPSA) is 69.6 Å². The number of benzene rings is 1. The molecule has 3 atom stereocenters. The molecule has 3 unspecified atom stereocenters. The molecular weight excluding hydrogens is 292 g/mol. The Kier molecular flexibility index (Phi) is 4.96. The number of carbonyl (C=O) groups excluding carboxylic acids is 1. The molecule has 1 heterocycles. The number of nitrogens with one attached hydrogen (secondary N) is 1. The minimum Gasteiger partial charge on any atom is -0.480 e. The van der Waals surface area contributed by atoms with Crippen LogP contribution in [0.15, 0.2) is 30.3 Å². The zero-order valence-corrected chi connectivity index (χ0v) is 13.3. The summed E-state index contributed by atoms with van der Waals surface area (Å²) in [6.45, 7) is 0.671. The van der Waals surface area contributed by atoms with Crippen LogP contribution in [-0.2, 0) is 16.1 Å². The fourth-order valence-electron chi connectivity index (χ4n) is 4.04. The van der Waals surface area contributed by atoms with Crippen molar-refractivity contribution in [1.82, 2.24) is 10.2 Å². The van der Waals surface area contributed by atoms with Gasteiger partial charge in [-0.15, -0.1) is 0 Å². The maximum atomic E-state index is 12.3. The molecule has 1 aromatic carbocycles. The number of carboxylic acid groups (broad SMARTS) is 1. The fraction of sp³-hybridized carbons (Fsp3) is 0.556. The summed E-state index contributed by atoms with van der Waals surface area (Å²) < 4.78 is 0. The van der Waals surface area contributed by atoms with Crippen molar-refractivity contribution in [2.24, 2.45) is 5.92 Å². The van der Waals surface area contributed by atoms with Gasteiger partial charge in [-0.25, -0.2) is 0 Å². The monoisotopic (exact) mass is 316 g/mol. The predicted octanol–water partition coefficient (Wildman–Crippen LogP) is 2.02. The van der Waals surface area contributed by atoms with E-state index in [1.54, 1.807) is 0 Å². The number of carbonyl (C=O) groups is 2. The van der Waals surface area contributed by atoms with Crippen molar-refractivity contribution >= 4 is 11.9 Å². The molecule has 0 radical (unpaired) electrons. The van der Waals surface area contributed by atoms with E-state index in [9.17, 15) is 14.7 Å². The van der Waals surface area contributed by atoms with Crippen molar-refractivity contribution < 1.29 is 14.7 Å². The summed E-state index contributed by atoms with van der Waals surface area (Å²) in [5.74, 6) is -0.451. The molecule has 1 saturated carbocycles. The van der Waals surface area contributed by atoms with Gasteiger partial charge in [-0.1, -0.05) is 43.2 Å². The van der Waals surface area contributed by atoms with Crippen LogP contribution in [0.1, 0.15) is 37.7 Å². The van der Waals surface area contributed by atoms with Gasteiger partial charge in [0.15, 0.2) is 0 Å². The molecule has 3 rings (SSSR count). The van der Waals surface area contributed by atoms with Crippen molar-refractivity contribution in [3.63, 3.8) is 0 Å². The normalized spacial score (nSPS) is 27.4. The maximum absolute atomic E-state index is 12.3. The van der Waals surface area contributed by atoms with E-state index in [0.717, 1.165) is 24.8 Å². The second-order valence-electron chi connectivity index (χ2n) is 6.64. The van der Waals surface area contributed by atoms with E-state index in [1.165, 1.54) is 6.42 Å². The Labute approximate surface area is 136 Å². The summed E-state index contributed by atoms with van der Waals surface area (Å²) in [5.41, 5.74) is 1.05. The zero-order chi connectivity index (χ0) is 16.2. The van der Waals surface area contributed by atoms with Crippen LogP contribution in [0.2, 0.25) is 0 Å². The highest BCUT2D eigenvalue weighted by atomic mass is 16.4. The van der Waals surface area contributed by atoms with E-state index < -0.39 is 12.0 Å². The number of fused-ring (bicyclic) bond motifs is 1. The molecule has 0 bridgehead atoms. The Morgan fingerprint density at radius 1 is 1.17 bits per heavy atom. The van der Waals surface area contributed by atoms with Crippen LogP contribution in [0.5, 0.6) is 0 Å². The molecule has 5 heteroatoms. The lowest BCUT2D eigenvalue weighted by Gasteiger charge is -2.32. The Bertz CT molecular complexity index is 561. The third-order valence-electron chi connectivity index (χ3n) is 5.17. The molecule has 1 amide bonds. The Morgan fingerprint density at radius 3 is 2.65 bits per heavy atom. The second-order valence-corrected chi connectivity index (χ2v) is 6.64. The van der Waals surface area contributed by atoms with Crippen molar-refractivity contribution in [3.05, 3.63) is 35.9 Å². The third-order valence-corrected chi connectivity index (χ3v) is 5.17. The van der Waals surface area contributed by atoms with Gasteiger partial charge < -0.3 is 10.4 Å². The minimum absolute atomic E-state index is 0.0914. The van der Waals surface area contributed by atoms with E-state index in [-0.39, 0.29) is 18.5 Å². The van der Waals surface area contributed by atoms with E-state index in [1.807, 2.05) is 35.2 Å². The summed E-state index contributed by atoms with van der Waals surface area (Å²) in [4.78, 5) is 25.7. The summed E-state index contributed by atoms with van der Waals surface area (Å²) in [5, 5.41) is 12.4. The standard InChI is InChI=1S/C18H24N2O3/c21-17(19-11-13-6-2-1-3-7-13)12-20-15-9-5-4-8-14(15)10-16(20)18(22)23/h1-3,6-7,14-16H,4-5,8-12H2,(H,19,21)(H,22,23). The van der Waals surface area contributed by atoms with Gasteiger partial charge in [-0.3, -0.25) is 14.5 Å². The highest BCUT2D eigenvalue weighted by Gasteiger charge is 2.45. The lowest BCUT2D eigenvalue weighted by atomic mass is 9.85. The number of nitrogens with zero attached hydrogens (tertiary/aromatic N) is 1. The first-order valence-corrected chi connectivity index (χ1v) is 8.44. The number of amides is 1. The average molecular weight is 316 g/mol. The van der Waals surface area contributed by atoms with Crippen molar-refractivity contribution in [2.75, 3.05) is 6.54 Å². The van der Waals surface area contributed by atoms with Gasteiger partial charge >= 0.3 is 5.97 Å². The largest absolute Gasteiger partial charge is 0.480 e. The van der Waals surface area contributed by atoms with Crippen LogP contribution in [0.25, 0.3) is 0 Å². The molecule has 2 fully saturated rings. The van der Waals surface area contributed by atoms with Crippen molar-refractivity contribution in [3.8, 4) is 0 Å².